The van der Waals surface area contributed by atoms with E-state index in [1.807, 2.05) is 0 Å². The van der Waals surface area contributed by atoms with Crippen LogP contribution in [0.2, 0.25) is 0 Å². The second-order valence-electron chi connectivity index (χ2n) is 5.74. The van der Waals surface area contributed by atoms with E-state index in [0.717, 1.165) is 0 Å². The third kappa shape index (κ3) is 6.26. The van der Waals surface area contributed by atoms with Gasteiger partial charge in [0.15, 0.2) is 6.61 Å². The normalized spacial score (nSPS) is 10.1. The van der Waals surface area contributed by atoms with Crippen molar-refractivity contribution in [1.29, 1.82) is 0 Å². The highest BCUT2D eigenvalue weighted by Gasteiger charge is 2.16. The van der Waals surface area contributed by atoms with Crippen LogP contribution in [0.15, 0.2) is 61.2 Å². The highest BCUT2D eigenvalue weighted by atomic mass is 19.1. The van der Waals surface area contributed by atoms with Gasteiger partial charge in [-0.1, -0.05) is 24.8 Å². The van der Waals surface area contributed by atoms with Gasteiger partial charge in [0.05, 0.1) is 5.56 Å². The SMILES string of the molecule is C=CCOc1ccc(C(=O)OCC(=O)N(CC)Cc2cccc(F)c2)cc1. The fourth-order valence-corrected chi connectivity index (χ4v) is 2.38. The number of nitrogens with zero attached hydrogens (tertiary/aromatic N) is 1. The average molecular weight is 371 g/mol. The Hall–Kier alpha value is -3.15. The minimum Gasteiger partial charge on any atom is -0.490 e. The first-order valence-electron chi connectivity index (χ1n) is 8.56. The van der Waals surface area contributed by atoms with Crippen LogP contribution in [0.3, 0.4) is 0 Å². The molecule has 0 aliphatic heterocycles. The average Bonchev–Trinajstić information content (AvgIpc) is 2.68. The van der Waals surface area contributed by atoms with Gasteiger partial charge >= 0.3 is 5.97 Å². The van der Waals surface area contributed by atoms with Gasteiger partial charge in [0, 0.05) is 13.1 Å². The molecule has 0 N–H and O–H groups in total. The largest absolute Gasteiger partial charge is 0.490 e. The standard InChI is InChI=1S/C21H22FNO4/c1-3-12-26-19-10-8-17(9-11-19)21(25)27-15-20(24)23(4-2)14-16-6-5-7-18(22)13-16/h3,5-11,13H,1,4,12,14-15H2,2H3. The summed E-state index contributed by atoms with van der Waals surface area (Å²) in [6.07, 6.45) is 1.62. The number of benzene rings is 2. The van der Waals surface area contributed by atoms with E-state index in [-0.39, 0.29) is 24.9 Å². The third-order valence-corrected chi connectivity index (χ3v) is 3.78. The molecule has 0 fully saturated rings. The fraction of sp³-hybridized carbons (Fsp3) is 0.238. The van der Waals surface area contributed by atoms with E-state index in [4.69, 9.17) is 9.47 Å². The van der Waals surface area contributed by atoms with Crippen molar-refractivity contribution >= 4 is 11.9 Å². The van der Waals surface area contributed by atoms with Crippen molar-refractivity contribution in [2.75, 3.05) is 19.8 Å². The summed E-state index contributed by atoms with van der Waals surface area (Å²) in [5.74, 6) is -0.695. The van der Waals surface area contributed by atoms with Crippen molar-refractivity contribution in [3.8, 4) is 5.75 Å². The Bertz CT molecular complexity index is 789. The van der Waals surface area contributed by atoms with Crippen molar-refractivity contribution in [1.82, 2.24) is 4.90 Å². The molecule has 2 rings (SSSR count). The van der Waals surface area contributed by atoms with Gasteiger partial charge in [-0.05, 0) is 48.9 Å². The number of hydrogen-bond acceptors (Lipinski definition) is 4. The molecule has 0 aliphatic carbocycles. The summed E-state index contributed by atoms with van der Waals surface area (Å²) >= 11 is 0. The molecule has 0 spiro atoms. The molecule has 1 amide bonds. The van der Waals surface area contributed by atoms with Gasteiger partial charge in [-0.3, -0.25) is 4.79 Å². The lowest BCUT2D eigenvalue weighted by atomic mass is 10.2. The molecule has 0 unspecified atom stereocenters. The first kappa shape index (κ1) is 20.2. The number of carbonyl (C=O) groups excluding carboxylic acids is 2. The predicted molar refractivity (Wildman–Crippen MR) is 99.9 cm³/mol. The topological polar surface area (TPSA) is 55.8 Å². The van der Waals surface area contributed by atoms with Gasteiger partial charge in [0.2, 0.25) is 0 Å². The van der Waals surface area contributed by atoms with Gasteiger partial charge in [-0.15, -0.1) is 0 Å². The Morgan fingerprint density at radius 3 is 2.56 bits per heavy atom. The molecule has 27 heavy (non-hydrogen) atoms. The number of hydrogen-bond donors (Lipinski definition) is 0. The van der Waals surface area contributed by atoms with Crippen LogP contribution in [0, 0.1) is 5.82 Å². The number of rotatable bonds is 9. The van der Waals surface area contributed by atoms with Crippen LogP contribution < -0.4 is 4.74 Å². The van der Waals surface area contributed by atoms with Gasteiger partial charge < -0.3 is 14.4 Å². The van der Waals surface area contributed by atoms with E-state index < -0.39 is 5.97 Å². The number of amides is 1. The molecule has 0 saturated carbocycles. The Morgan fingerprint density at radius 1 is 1.19 bits per heavy atom. The first-order valence-corrected chi connectivity index (χ1v) is 8.56. The molecule has 0 bridgehead atoms. The van der Waals surface area contributed by atoms with Gasteiger partial charge in [-0.2, -0.15) is 0 Å². The maximum atomic E-state index is 13.3. The minimum absolute atomic E-state index is 0.250. The summed E-state index contributed by atoms with van der Waals surface area (Å²) in [6.45, 7) is 6.03. The van der Waals surface area contributed by atoms with E-state index in [9.17, 15) is 14.0 Å². The van der Waals surface area contributed by atoms with E-state index in [1.165, 1.54) is 17.0 Å². The quantitative estimate of drug-likeness (QED) is 0.499. The molecule has 2 aromatic carbocycles. The molecule has 0 radical (unpaired) electrons. The van der Waals surface area contributed by atoms with Crippen LogP contribution in [-0.2, 0) is 16.1 Å². The molecular weight excluding hydrogens is 349 g/mol. The van der Waals surface area contributed by atoms with Crippen LogP contribution in [0.5, 0.6) is 5.75 Å². The van der Waals surface area contributed by atoms with Gasteiger partial charge in [0.1, 0.15) is 18.2 Å². The zero-order chi connectivity index (χ0) is 19.6. The lowest BCUT2D eigenvalue weighted by Gasteiger charge is -2.21. The highest BCUT2D eigenvalue weighted by molar-refractivity contribution is 5.91. The molecule has 0 aliphatic rings. The smallest absolute Gasteiger partial charge is 0.338 e. The Morgan fingerprint density at radius 2 is 1.93 bits per heavy atom. The van der Waals surface area contributed by atoms with Crippen LogP contribution in [0.1, 0.15) is 22.8 Å². The van der Waals surface area contributed by atoms with Crippen molar-refractivity contribution < 1.29 is 23.5 Å². The van der Waals surface area contributed by atoms with Crippen LogP contribution in [0.4, 0.5) is 4.39 Å². The number of esters is 1. The zero-order valence-corrected chi connectivity index (χ0v) is 15.2. The number of ether oxygens (including phenoxy) is 2. The summed E-state index contributed by atoms with van der Waals surface area (Å²) in [5, 5.41) is 0. The molecule has 6 heteroatoms. The lowest BCUT2D eigenvalue weighted by Crippen LogP contribution is -2.34. The summed E-state index contributed by atoms with van der Waals surface area (Å²) in [4.78, 5) is 25.9. The molecule has 0 aromatic heterocycles. The van der Waals surface area contributed by atoms with Crippen molar-refractivity contribution in [2.45, 2.75) is 13.5 Å². The number of carbonyl (C=O) groups is 2. The van der Waals surface area contributed by atoms with Crippen molar-refractivity contribution in [2.24, 2.45) is 0 Å². The predicted octanol–water partition coefficient (Wildman–Crippen LogP) is 3.60. The van der Waals surface area contributed by atoms with Gasteiger partial charge in [-0.25, -0.2) is 9.18 Å². The molecule has 0 atom stereocenters. The van der Waals surface area contributed by atoms with E-state index in [1.54, 1.807) is 49.4 Å². The van der Waals surface area contributed by atoms with Crippen LogP contribution in [-0.4, -0.2) is 36.5 Å². The fourth-order valence-electron chi connectivity index (χ4n) is 2.38. The van der Waals surface area contributed by atoms with Crippen LogP contribution >= 0.6 is 0 Å². The number of halogens is 1. The summed E-state index contributed by atoms with van der Waals surface area (Å²) in [7, 11) is 0. The monoisotopic (exact) mass is 371 g/mol. The highest BCUT2D eigenvalue weighted by Crippen LogP contribution is 2.13. The van der Waals surface area contributed by atoms with E-state index in [2.05, 4.69) is 6.58 Å². The summed E-state index contributed by atoms with van der Waals surface area (Å²) < 4.78 is 23.7. The second kappa shape index (κ2) is 10.1. The van der Waals surface area contributed by atoms with Gasteiger partial charge in [0.25, 0.3) is 5.91 Å². The molecular formula is C21H22FNO4. The van der Waals surface area contributed by atoms with Crippen LogP contribution in [0.25, 0.3) is 0 Å². The lowest BCUT2D eigenvalue weighted by molar-refractivity contribution is -0.134. The summed E-state index contributed by atoms with van der Waals surface area (Å²) in [6, 6.07) is 12.5. The molecule has 0 heterocycles. The molecule has 5 nitrogen and oxygen atoms in total. The molecule has 0 saturated heterocycles. The molecule has 142 valence electrons. The Labute approximate surface area is 158 Å². The van der Waals surface area contributed by atoms with E-state index in [0.29, 0.717) is 30.0 Å². The zero-order valence-electron chi connectivity index (χ0n) is 15.2. The minimum atomic E-state index is -0.597. The first-order chi connectivity index (χ1) is 13.0. The maximum Gasteiger partial charge on any atom is 0.338 e. The van der Waals surface area contributed by atoms with Crippen molar-refractivity contribution in [3.63, 3.8) is 0 Å². The van der Waals surface area contributed by atoms with E-state index >= 15 is 0 Å². The Kier molecular flexibility index (Phi) is 7.55. The summed E-state index contributed by atoms with van der Waals surface area (Å²) in [5.41, 5.74) is 0.994. The second-order valence-corrected chi connectivity index (χ2v) is 5.74. The molecule has 2 aromatic rings. The number of likely N-dealkylation sites (N-methyl/N-ethyl adjacent to an activating group) is 1. The Balaban J connectivity index is 1.88. The maximum absolute atomic E-state index is 13.3. The van der Waals surface area contributed by atoms with Crippen molar-refractivity contribution in [3.05, 3.63) is 78.1 Å². The third-order valence-electron chi connectivity index (χ3n) is 3.78.